The molecule has 0 N–H and O–H groups in total. The fourth-order valence-electron chi connectivity index (χ4n) is 3.41. The molecule has 4 rings (SSSR count). The van der Waals surface area contributed by atoms with Gasteiger partial charge in [0, 0.05) is 24.2 Å². The molecule has 0 atom stereocenters. The van der Waals surface area contributed by atoms with Crippen molar-refractivity contribution < 1.29 is 18.8 Å². The molecule has 7 heteroatoms. The van der Waals surface area contributed by atoms with Gasteiger partial charge < -0.3 is 18.9 Å². The van der Waals surface area contributed by atoms with Gasteiger partial charge in [-0.1, -0.05) is 24.2 Å². The van der Waals surface area contributed by atoms with Gasteiger partial charge in [0.15, 0.2) is 6.61 Å². The topological polar surface area (TPSA) is 77.7 Å². The van der Waals surface area contributed by atoms with Gasteiger partial charge in [-0.05, 0) is 55.2 Å². The minimum absolute atomic E-state index is 0.0219. The van der Waals surface area contributed by atoms with Crippen LogP contribution in [0.5, 0.6) is 11.5 Å². The molecular formula is C23H25N3O4. The fourth-order valence-corrected chi connectivity index (χ4v) is 3.41. The molecular weight excluding hydrogens is 382 g/mol. The first kappa shape index (κ1) is 19.9. The number of benzene rings is 2. The van der Waals surface area contributed by atoms with Crippen molar-refractivity contribution in [3.05, 3.63) is 48.5 Å². The maximum atomic E-state index is 12.4. The Morgan fingerprint density at radius 1 is 1.10 bits per heavy atom. The second kappa shape index (κ2) is 8.98. The molecule has 1 aromatic heterocycles. The summed E-state index contributed by atoms with van der Waals surface area (Å²) in [6, 6.07) is 14.8. The van der Waals surface area contributed by atoms with E-state index in [-0.39, 0.29) is 12.5 Å². The number of piperidine rings is 1. The van der Waals surface area contributed by atoms with Crippen LogP contribution in [0, 0.1) is 5.92 Å². The number of rotatable bonds is 6. The van der Waals surface area contributed by atoms with Crippen molar-refractivity contribution in [2.24, 2.45) is 5.92 Å². The number of hydrogen-bond acceptors (Lipinski definition) is 6. The smallest absolute Gasteiger partial charge is 0.260 e. The van der Waals surface area contributed by atoms with Crippen LogP contribution in [-0.2, 0) is 4.79 Å². The molecule has 1 amide bonds. The second-order valence-corrected chi connectivity index (χ2v) is 7.53. The van der Waals surface area contributed by atoms with Crippen LogP contribution in [0.4, 0.5) is 0 Å². The predicted molar refractivity (Wildman–Crippen MR) is 112 cm³/mol. The standard InChI is InChI=1S/C23H25N3O4/c1-16-10-12-26(13-11-16)21(27)15-29-20-5-3-4-18(14-20)22-24-23(30-25-22)17-6-8-19(28-2)9-7-17/h3-9,14,16H,10-13,15H2,1-2H3. The summed E-state index contributed by atoms with van der Waals surface area (Å²) < 4.78 is 16.3. The van der Waals surface area contributed by atoms with E-state index in [0.29, 0.717) is 23.4 Å². The third-order valence-electron chi connectivity index (χ3n) is 5.35. The highest BCUT2D eigenvalue weighted by atomic mass is 16.5. The molecule has 0 unspecified atom stereocenters. The lowest BCUT2D eigenvalue weighted by Gasteiger charge is -2.30. The second-order valence-electron chi connectivity index (χ2n) is 7.53. The summed E-state index contributed by atoms with van der Waals surface area (Å²) >= 11 is 0. The van der Waals surface area contributed by atoms with Gasteiger partial charge in [0.2, 0.25) is 5.82 Å². The Morgan fingerprint density at radius 3 is 2.60 bits per heavy atom. The summed E-state index contributed by atoms with van der Waals surface area (Å²) in [5.74, 6) is 2.95. The number of amides is 1. The quantitative estimate of drug-likeness (QED) is 0.613. The Morgan fingerprint density at radius 2 is 1.87 bits per heavy atom. The molecule has 1 fully saturated rings. The molecule has 0 radical (unpaired) electrons. The van der Waals surface area contributed by atoms with E-state index < -0.39 is 0 Å². The minimum Gasteiger partial charge on any atom is -0.497 e. The van der Waals surface area contributed by atoms with E-state index >= 15 is 0 Å². The Hall–Kier alpha value is -3.35. The molecule has 0 aliphatic carbocycles. The van der Waals surface area contributed by atoms with Crippen LogP contribution in [0.25, 0.3) is 22.8 Å². The van der Waals surface area contributed by atoms with Gasteiger partial charge in [0.25, 0.3) is 11.8 Å². The lowest BCUT2D eigenvalue weighted by molar-refractivity contribution is -0.134. The van der Waals surface area contributed by atoms with Crippen molar-refractivity contribution in [3.63, 3.8) is 0 Å². The van der Waals surface area contributed by atoms with E-state index in [4.69, 9.17) is 14.0 Å². The molecule has 1 aliphatic rings. The zero-order chi connectivity index (χ0) is 20.9. The molecule has 30 heavy (non-hydrogen) atoms. The summed E-state index contributed by atoms with van der Waals surface area (Å²) in [4.78, 5) is 18.7. The highest BCUT2D eigenvalue weighted by Gasteiger charge is 2.20. The van der Waals surface area contributed by atoms with E-state index in [9.17, 15) is 4.79 Å². The molecule has 0 saturated carbocycles. The Kier molecular flexibility index (Phi) is 5.97. The van der Waals surface area contributed by atoms with E-state index in [0.717, 1.165) is 42.8 Å². The summed E-state index contributed by atoms with van der Waals surface area (Å²) in [5, 5.41) is 4.07. The predicted octanol–water partition coefficient (Wildman–Crippen LogP) is 4.05. The number of ether oxygens (including phenoxy) is 2. The molecule has 2 heterocycles. The van der Waals surface area contributed by atoms with Crippen molar-refractivity contribution in [2.75, 3.05) is 26.8 Å². The largest absolute Gasteiger partial charge is 0.497 e. The van der Waals surface area contributed by atoms with Crippen LogP contribution in [0.3, 0.4) is 0 Å². The van der Waals surface area contributed by atoms with E-state index in [1.165, 1.54) is 0 Å². The molecule has 1 aliphatic heterocycles. The van der Waals surface area contributed by atoms with E-state index in [1.54, 1.807) is 7.11 Å². The highest BCUT2D eigenvalue weighted by molar-refractivity contribution is 5.78. The SMILES string of the molecule is COc1ccc(-c2nc(-c3cccc(OCC(=O)N4CCC(C)CC4)c3)no2)cc1. The molecule has 156 valence electrons. The van der Waals surface area contributed by atoms with Crippen molar-refractivity contribution >= 4 is 5.91 Å². The van der Waals surface area contributed by atoms with E-state index in [2.05, 4.69) is 17.1 Å². The van der Waals surface area contributed by atoms with Gasteiger partial charge in [0.05, 0.1) is 7.11 Å². The molecule has 0 bridgehead atoms. The fraction of sp³-hybridized carbons (Fsp3) is 0.348. The monoisotopic (exact) mass is 407 g/mol. The maximum Gasteiger partial charge on any atom is 0.260 e. The van der Waals surface area contributed by atoms with Crippen LogP contribution in [-0.4, -0.2) is 47.8 Å². The molecule has 2 aromatic carbocycles. The van der Waals surface area contributed by atoms with Crippen LogP contribution in [0.2, 0.25) is 0 Å². The Labute approximate surface area is 175 Å². The van der Waals surface area contributed by atoms with Crippen molar-refractivity contribution in [1.29, 1.82) is 0 Å². The third-order valence-corrected chi connectivity index (χ3v) is 5.35. The lowest BCUT2D eigenvalue weighted by atomic mass is 9.99. The zero-order valence-electron chi connectivity index (χ0n) is 17.2. The Bertz CT molecular complexity index is 992. The average molecular weight is 407 g/mol. The van der Waals surface area contributed by atoms with Crippen molar-refractivity contribution in [1.82, 2.24) is 15.0 Å². The number of aromatic nitrogens is 2. The first-order valence-corrected chi connectivity index (χ1v) is 10.1. The Balaban J connectivity index is 1.41. The summed E-state index contributed by atoms with van der Waals surface area (Å²) in [7, 11) is 1.62. The van der Waals surface area contributed by atoms with Gasteiger partial charge in [-0.3, -0.25) is 4.79 Å². The summed E-state index contributed by atoms with van der Waals surface area (Å²) in [6.07, 6.45) is 2.10. The third kappa shape index (κ3) is 4.62. The van der Waals surface area contributed by atoms with Crippen LogP contribution < -0.4 is 9.47 Å². The highest BCUT2D eigenvalue weighted by Crippen LogP contribution is 2.26. The normalized spacial score (nSPS) is 14.5. The molecule has 7 nitrogen and oxygen atoms in total. The number of likely N-dealkylation sites (tertiary alicyclic amines) is 1. The summed E-state index contributed by atoms with van der Waals surface area (Å²) in [5.41, 5.74) is 1.57. The maximum absolute atomic E-state index is 12.4. The van der Waals surface area contributed by atoms with E-state index in [1.807, 2.05) is 53.4 Å². The van der Waals surface area contributed by atoms with Crippen molar-refractivity contribution in [2.45, 2.75) is 19.8 Å². The molecule has 3 aromatic rings. The van der Waals surface area contributed by atoms with Gasteiger partial charge in [-0.25, -0.2) is 0 Å². The van der Waals surface area contributed by atoms with Gasteiger partial charge >= 0.3 is 0 Å². The van der Waals surface area contributed by atoms with Gasteiger partial charge in [0.1, 0.15) is 11.5 Å². The average Bonchev–Trinajstić information content (AvgIpc) is 3.29. The van der Waals surface area contributed by atoms with Crippen molar-refractivity contribution in [3.8, 4) is 34.3 Å². The lowest BCUT2D eigenvalue weighted by Crippen LogP contribution is -2.40. The number of nitrogens with zero attached hydrogens (tertiary/aromatic N) is 3. The molecule has 0 spiro atoms. The zero-order valence-corrected chi connectivity index (χ0v) is 17.2. The number of methoxy groups -OCH3 is 1. The number of carbonyl (C=O) groups excluding carboxylic acids is 1. The first-order chi connectivity index (χ1) is 14.6. The van der Waals surface area contributed by atoms with Gasteiger partial charge in [-0.2, -0.15) is 4.98 Å². The minimum atomic E-state index is 0.0219. The van der Waals surface area contributed by atoms with Crippen LogP contribution in [0.1, 0.15) is 19.8 Å². The van der Waals surface area contributed by atoms with Gasteiger partial charge in [-0.15, -0.1) is 0 Å². The van der Waals surface area contributed by atoms with Crippen LogP contribution in [0.15, 0.2) is 53.1 Å². The number of carbonyl (C=O) groups is 1. The molecule has 1 saturated heterocycles. The first-order valence-electron chi connectivity index (χ1n) is 10.1. The number of hydrogen-bond donors (Lipinski definition) is 0. The summed E-state index contributed by atoms with van der Waals surface area (Å²) in [6.45, 7) is 3.86. The van der Waals surface area contributed by atoms with Crippen LogP contribution >= 0.6 is 0 Å².